The fraction of sp³-hybridized carbons (Fsp3) is 0.333. The highest BCUT2D eigenvalue weighted by molar-refractivity contribution is 5.97. The Bertz CT molecular complexity index is 964. The van der Waals surface area contributed by atoms with Crippen LogP contribution in [0.15, 0.2) is 46.9 Å². The molecule has 1 aliphatic heterocycles. The number of rotatable bonds is 5. The third-order valence-corrected chi connectivity index (χ3v) is 4.48. The Labute approximate surface area is 157 Å². The van der Waals surface area contributed by atoms with Crippen molar-refractivity contribution >= 4 is 17.0 Å². The summed E-state index contributed by atoms with van der Waals surface area (Å²) >= 11 is 0. The Hall–Kier alpha value is -3.02. The van der Waals surface area contributed by atoms with Crippen LogP contribution >= 0.6 is 0 Å². The van der Waals surface area contributed by atoms with Crippen LogP contribution in [0.5, 0.6) is 11.5 Å². The Morgan fingerprint density at radius 2 is 2.04 bits per heavy atom. The molecular weight excluding hydrogens is 344 g/mol. The van der Waals surface area contributed by atoms with Gasteiger partial charge in [-0.3, -0.25) is 4.79 Å². The van der Waals surface area contributed by atoms with Gasteiger partial charge in [0.25, 0.3) is 5.91 Å². The van der Waals surface area contributed by atoms with Gasteiger partial charge in [0, 0.05) is 24.4 Å². The predicted octanol–water partition coefficient (Wildman–Crippen LogP) is 3.91. The number of carbonyl (C=O) groups is 1. The van der Waals surface area contributed by atoms with Gasteiger partial charge in [-0.2, -0.15) is 0 Å². The Morgan fingerprint density at radius 1 is 1.22 bits per heavy atom. The van der Waals surface area contributed by atoms with E-state index in [1.165, 1.54) is 0 Å². The van der Waals surface area contributed by atoms with Crippen LogP contribution in [0.25, 0.3) is 11.1 Å². The van der Waals surface area contributed by atoms with Crippen LogP contribution in [0.3, 0.4) is 0 Å². The number of hydrogen-bond acceptors (Lipinski definition) is 5. The fourth-order valence-electron chi connectivity index (χ4n) is 2.99. The highest BCUT2D eigenvalue weighted by Crippen LogP contribution is 2.31. The molecule has 1 N–H and O–H groups in total. The van der Waals surface area contributed by atoms with E-state index in [0.29, 0.717) is 42.1 Å². The maximum absolute atomic E-state index is 12.4. The molecule has 0 radical (unpaired) electrons. The molecular formula is C21H22N2O4. The first-order valence-electron chi connectivity index (χ1n) is 9.17. The molecule has 4 rings (SSSR count). The largest absolute Gasteiger partial charge is 0.486 e. The van der Waals surface area contributed by atoms with E-state index in [9.17, 15) is 4.79 Å². The molecule has 0 spiro atoms. The van der Waals surface area contributed by atoms with Crippen LogP contribution in [-0.2, 0) is 0 Å². The molecule has 0 aliphatic carbocycles. The number of aromatic nitrogens is 1. The standard InChI is InChI=1S/C21H22N2O4/c1-13(2)21-23-16-11-14(7-8-17(16)27-21)20(24)22-10-9-15-12-25-18-5-3-4-6-19(18)26-15/h3-8,11,13,15H,9-10,12H2,1-2H3,(H,22,24). The first-order chi connectivity index (χ1) is 13.1. The topological polar surface area (TPSA) is 73.6 Å². The quantitative estimate of drug-likeness (QED) is 0.741. The van der Waals surface area contributed by atoms with Gasteiger partial charge in [0.05, 0.1) is 0 Å². The van der Waals surface area contributed by atoms with Gasteiger partial charge in [0.1, 0.15) is 18.2 Å². The van der Waals surface area contributed by atoms with Crippen molar-refractivity contribution in [2.75, 3.05) is 13.2 Å². The molecule has 0 bridgehead atoms. The highest BCUT2D eigenvalue weighted by Gasteiger charge is 2.20. The van der Waals surface area contributed by atoms with Crippen molar-refractivity contribution in [2.45, 2.75) is 32.3 Å². The van der Waals surface area contributed by atoms with Crippen molar-refractivity contribution < 1.29 is 18.7 Å². The monoisotopic (exact) mass is 366 g/mol. The van der Waals surface area contributed by atoms with E-state index in [2.05, 4.69) is 10.3 Å². The number of para-hydroxylation sites is 2. The zero-order valence-corrected chi connectivity index (χ0v) is 15.4. The van der Waals surface area contributed by atoms with E-state index in [1.807, 2.05) is 38.1 Å². The lowest BCUT2D eigenvalue weighted by molar-refractivity contribution is 0.0813. The summed E-state index contributed by atoms with van der Waals surface area (Å²) in [6.07, 6.45) is 0.593. The van der Waals surface area contributed by atoms with E-state index < -0.39 is 0 Å². The Balaban J connectivity index is 1.34. The molecule has 0 saturated carbocycles. The first kappa shape index (κ1) is 17.4. The number of fused-ring (bicyclic) bond motifs is 2. The molecule has 1 amide bonds. The average Bonchev–Trinajstić information content (AvgIpc) is 3.11. The van der Waals surface area contributed by atoms with Crippen molar-refractivity contribution in [3.8, 4) is 11.5 Å². The summed E-state index contributed by atoms with van der Waals surface area (Å²) in [6, 6.07) is 12.9. The van der Waals surface area contributed by atoms with Crippen molar-refractivity contribution in [2.24, 2.45) is 0 Å². The van der Waals surface area contributed by atoms with Crippen LogP contribution in [-0.4, -0.2) is 30.1 Å². The first-order valence-corrected chi connectivity index (χ1v) is 9.17. The Kier molecular flexibility index (Phi) is 4.71. The number of nitrogens with one attached hydrogen (secondary N) is 1. The molecule has 27 heavy (non-hydrogen) atoms. The summed E-state index contributed by atoms with van der Waals surface area (Å²) in [6.45, 7) is 5.03. The van der Waals surface area contributed by atoms with Gasteiger partial charge < -0.3 is 19.2 Å². The molecule has 2 heterocycles. The minimum Gasteiger partial charge on any atom is -0.486 e. The van der Waals surface area contributed by atoms with Gasteiger partial charge in [-0.25, -0.2) is 4.98 Å². The summed E-state index contributed by atoms with van der Waals surface area (Å²) in [5, 5.41) is 2.93. The van der Waals surface area contributed by atoms with Crippen LogP contribution in [0.2, 0.25) is 0 Å². The molecule has 0 saturated heterocycles. The van der Waals surface area contributed by atoms with Gasteiger partial charge in [-0.05, 0) is 30.3 Å². The molecule has 6 heteroatoms. The zero-order valence-electron chi connectivity index (χ0n) is 15.4. The molecule has 1 aromatic heterocycles. The van der Waals surface area contributed by atoms with Crippen LogP contribution < -0.4 is 14.8 Å². The number of carbonyl (C=O) groups excluding carboxylic acids is 1. The zero-order chi connectivity index (χ0) is 18.8. The van der Waals surface area contributed by atoms with Crippen molar-refractivity contribution in [1.82, 2.24) is 10.3 Å². The molecule has 1 unspecified atom stereocenters. The van der Waals surface area contributed by atoms with Gasteiger partial charge in [0.2, 0.25) is 0 Å². The van der Waals surface area contributed by atoms with Gasteiger partial charge in [-0.1, -0.05) is 26.0 Å². The number of benzene rings is 2. The molecule has 1 aliphatic rings. The molecule has 0 fully saturated rings. The maximum Gasteiger partial charge on any atom is 0.251 e. The maximum atomic E-state index is 12.4. The lowest BCUT2D eigenvalue weighted by Crippen LogP contribution is -2.34. The average molecular weight is 366 g/mol. The summed E-state index contributed by atoms with van der Waals surface area (Å²) in [5.74, 6) is 2.26. The summed E-state index contributed by atoms with van der Waals surface area (Å²) in [7, 11) is 0. The highest BCUT2D eigenvalue weighted by atomic mass is 16.6. The molecule has 6 nitrogen and oxygen atoms in total. The van der Waals surface area contributed by atoms with Gasteiger partial charge in [0.15, 0.2) is 23.0 Å². The SMILES string of the molecule is CC(C)c1nc2cc(C(=O)NCCC3COc4ccccc4O3)ccc2o1. The molecule has 2 aromatic carbocycles. The summed E-state index contributed by atoms with van der Waals surface area (Å²) < 4.78 is 17.3. The number of oxazole rings is 1. The molecule has 140 valence electrons. The van der Waals surface area contributed by atoms with Crippen LogP contribution in [0, 0.1) is 0 Å². The van der Waals surface area contributed by atoms with Crippen molar-refractivity contribution in [3.05, 3.63) is 53.9 Å². The van der Waals surface area contributed by atoms with Crippen LogP contribution in [0.4, 0.5) is 0 Å². The van der Waals surface area contributed by atoms with E-state index in [1.54, 1.807) is 18.2 Å². The van der Waals surface area contributed by atoms with E-state index >= 15 is 0 Å². The predicted molar refractivity (Wildman–Crippen MR) is 101 cm³/mol. The third kappa shape index (κ3) is 3.74. The fourth-order valence-corrected chi connectivity index (χ4v) is 2.99. The second-order valence-corrected chi connectivity index (χ2v) is 6.93. The lowest BCUT2D eigenvalue weighted by Gasteiger charge is -2.26. The second kappa shape index (κ2) is 7.31. The summed E-state index contributed by atoms with van der Waals surface area (Å²) in [4.78, 5) is 16.9. The Morgan fingerprint density at radius 3 is 2.85 bits per heavy atom. The van der Waals surface area contributed by atoms with Crippen molar-refractivity contribution in [3.63, 3.8) is 0 Å². The van der Waals surface area contributed by atoms with E-state index in [-0.39, 0.29) is 17.9 Å². The molecule has 1 atom stereocenters. The van der Waals surface area contributed by atoms with Gasteiger partial charge in [-0.15, -0.1) is 0 Å². The summed E-state index contributed by atoms with van der Waals surface area (Å²) in [5.41, 5.74) is 1.96. The van der Waals surface area contributed by atoms with E-state index in [0.717, 1.165) is 11.5 Å². The van der Waals surface area contributed by atoms with Crippen molar-refractivity contribution in [1.29, 1.82) is 0 Å². The lowest BCUT2D eigenvalue weighted by atomic mass is 10.2. The molecule has 3 aromatic rings. The number of hydrogen-bond donors (Lipinski definition) is 1. The number of ether oxygens (including phenoxy) is 2. The smallest absolute Gasteiger partial charge is 0.251 e. The minimum absolute atomic E-state index is 0.0770. The van der Waals surface area contributed by atoms with Crippen LogP contribution in [0.1, 0.15) is 42.4 Å². The number of amides is 1. The second-order valence-electron chi connectivity index (χ2n) is 6.93. The third-order valence-electron chi connectivity index (χ3n) is 4.48. The normalized spacial score (nSPS) is 15.9. The number of nitrogens with zero attached hydrogens (tertiary/aromatic N) is 1. The van der Waals surface area contributed by atoms with E-state index in [4.69, 9.17) is 13.9 Å². The van der Waals surface area contributed by atoms with Gasteiger partial charge >= 0.3 is 0 Å². The minimum atomic E-state index is -0.136.